The molecule has 0 radical (unpaired) electrons. The quantitative estimate of drug-likeness (QED) is 0.845. The van der Waals surface area contributed by atoms with Gasteiger partial charge in [0.15, 0.2) is 0 Å². The van der Waals surface area contributed by atoms with Crippen LogP contribution < -0.4 is 14.9 Å². The van der Waals surface area contributed by atoms with E-state index in [2.05, 4.69) is 10.0 Å². The number of rotatable bonds is 3. The van der Waals surface area contributed by atoms with Gasteiger partial charge >= 0.3 is 0 Å². The molecule has 1 saturated heterocycles. The fourth-order valence-corrected chi connectivity index (χ4v) is 4.62. The predicted octanol–water partition coefficient (Wildman–Crippen LogP) is 1.05. The molecule has 0 saturated carbocycles. The second-order valence-electron chi connectivity index (χ2n) is 6.04. The number of benzene rings is 1. The van der Waals surface area contributed by atoms with Gasteiger partial charge in [0, 0.05) is 31.2 Å². The molecule has 2 aliphatic heterocycles. The monoisotopic (exact) mass is 359 g/mol. The van der Waals surface area contributed by atoms with Crippen LogP contribution in [-0.2, 0) is 21.2 Å². The fraction of sp³-hybridized carbons (Fsp3) is 0.533. The van der Waals surface area contributed by atoms with Crippen molar-refractivity contribution in [1.29, 1.82) is 0 Å². The van der Waals surface area contributed by atoms with E-state index in [1.807, 2.05) is 6.92 Å². The molecule has 2 unspecified atom stereocenters. The highest BCUT2D eigenvalue weighted by Gasteiger charge is 2.31. The third kappa shape index (κ3) is 3.52. The van der Waals surface area contributed by atoms with Gasteiger partial charge in [-0.3, -0.25) is 4.79 Å². The Bertz CT molecular complexity index is 702. The number of hydrogen-bond acceptors (Lipinski definition) is 4. The second-order valence-corrected chi connectivity index (χ2v) is 7.76. The summed E-state index contributed by atoms with van der Waals surface area (Å²) in [4.78, 5) is 13.7. The molecular weight excluding hydrogens is 338 g/mol. The highest BCUT2D eigenvalue weighted by molar-refractivity contribution is 7.89. The third-order valence-corrected chi connectivity index (χ3v) is 5.82. The SMILES string of the molecule is CC(=O)N1c2ccc(S(=O)(=O)NC3CCNC3)cc2CC1C.Cl. The maximum absolute atomic E-state index is 12.5. The van der Waals surface area contributed by atoms with Crippen molar-refractivity contribution in [1.82, 2.24) is 10.0 Å². The van der Waals surface area contributed by atoms with E-state index < -0.39 is 10.0 Å². The zero-order chi connectivity index (χ0) is 15.9. The number of nitrogens with one attached hydrogen (secondary N) is 2. The lowest BCUT2D eigenvalue weighted by molar-refractivity contribution is -0.116. The summed E-state index contributed by atoms with van der Waals surface area (Å²) in [6.07, 6.45) is 1.49. The van der Waals surface area contributed by atoms with Crippen molar-refractivity contribution in [2.24, 2.45) is 0 Å². The van der Waals surface area contributed by atoms with Gasteiger partial charge < -0.3 is 10.2 Å². The summed E-state index contributed by atoms with van der Waals surface area (Å²) >= 11 is 0. The van der Waals surface area contributed by atoms with Crippen molar-refractivity contribution in [3.8, 4) is 0 Å². The summed E-state index contributed by atoms with van der Waals surface area (Å²) < 4.78 is 27.7. The smallest absolute Gasteiger partial charge is 0.240 e. The predicted molar refractivity (Wildman–Crippen MR) is 91.6 cm³/mol. The van der Waals surface area contributed by atoms with Crippen LogP contribution in [-0.4, -0.2) is 39.5 Å². The molecule has 0 bridgehead atoms. The van der Waals surface area contributed by atoms with Crippen LogP contribution in [0.3, 0.4) is 0 Å². The molecule has 0 aliphatic carbocycles. The molecule has 1 amide bonds. The summed E-state index contributed by atoms with van der Waals surface area (Å²) in [5.74, 6) is -0.0167. The highest BCUT2D eigenvalue weighted by Crippen LogP contribution is 2.33. The van der Waals surface area contributed by atoms with E-state index >= 15 is 0 Å². The summed E-state index contributed by atoms with van der Waals surface area (Å²) in [6, 6.07) is 5.03. The van der Waals surface area contributed by atoms with Gasteiger partial charge in [-0.15, -0.1) is 12.4 Å². The Morgan fingerprint density at radius 2 is 2.13 bits per heavy atom. The van der Waals surface area contributed by atoms with Gasteiger partial charge in [-0.1, -0.05) is 0 Å². The van der Waals surface area contributed by atoms with E-state index in [1.165, 1.54) is 6.92 Å². The van der Waals surface area contributed by atoms with Gasteiger partial charge in [-0.2, -0.15) is 0 Å². The molecule has 2 N–H and O–H groups in total. The van der Waals surface area contributed by atoms with Crippen molar-refractivity contribution in [3.05, 3.63) is 23.8 Å². The first-order valence-electron chi connectivity index (χ1n) is 7.54. The number of anilines is 1. The number of carbonyl (C=O) groups excluding carboxylic acids is 1. The van der Waals surface area contributed by atoms with Crippen LogP contribution in [0.4, 0.5) is 5.69 Å². The van der Waals surface area contributed by atoms with Crippen LogP contribution in [0, 0.1) is 0 Å². The normalized spacial score (nSPS) is 23.5. The topological polar surface area (TPSA) is 78.5 Å². The number of hydrogen-bond donors (Lipinski definition) is 2. The average Bonchev–Trinajstić information content (AvgIpc) is 3.03. The van der Waals surface area contributed by atoms with E-state index in [9.17, 15) is 13.2 Å². The molecule has 3 rings (SSSR count). The minimum absolute atomic E-state index is 0. The van der Waals surface area contributed by atoms with Crippen molar-refractivity contribution in [2.45, 2.75) is 43.7 Å². The first-order chi connectivity index (χ1) is 10.4. The number of nitrogens with zero attached hydrogens (tertiary/aromatic N) is 1. The van der Waals surface area contributed by atoms with Crippen LogP contribution in [0.2, 0.25) is 0 Å². The van der Waals surface area contributed by atoms with Crippen molar-refractivity contribution in [3.63, 3.8) is 0 Å². The molecule has 23 heavy (non-hydrogen) atoms. The van der Waals surface area contributed by atoms with E-state index in [-0.39, 0.29) is 35.3 Å². The maximum atomic E-state index is 12.5. The van der Waals surface area contributed by atoms with Gasteiger partial charge in [-0.05, 0) is 50.1 Å². The van der Waals surface area contributed by atoms with Crippen LogP contribution in [0.1, 0.15) is 25.8 Å². The van der Waals surface area contributed by atoms with Gasteiger partial charge in [0.1, 0.15) is 0 Å². The van der Waals surface area contributed by atoms with Gasteiger partial charge in [0.05, 0.1) is 4.90 Å². The first-order valence-corrected chi connectivity index (χ1v) is 9.02. The Morgan fingerprint density at radius 3 is 2.74 bits per heavy atom. The number of fused-ring (bicyclic) bond motifs is 1. The minimum Gasteiger partial charge on any atom is -0.315 e. The third-order valence-electron chi connectivity index (χ3n) is 4.30. The molecule has 2 aliphatic rings. The summed E-state index contributed by atoms with van der Waals surface area (Å²) in [7, 11) is -3.51. The average molecular weight is 360 g/mol. The molecule has 2 heterocycles. The van der Waals surface area contributed by atoms with Gasteiger partial charge in [0.2, 0.25) is 15.9 Å². The van der Waals surface area contributed by atoms with Crippen LogP contribution in [0.25, 0.3) is 0 Å². The van der Waals surface area contributed by atoms with E-state index in [4.69, 9.17) is 0 Å². The summed E-state index contributed by atoms with van der Waals surface area (Å²) in [6.45, 7) is 5.00. The number of carbonyl (C=O) groups is 1. The molecule has 1 fully saturated rings. The molecule has 6 nitrogen and oxygen atoms in total. The summed E-state index contributed by atoms with van der Waals surface area (Å²) in [5.41, 5.74) is 1.73. The molecule has 1 aromatic rings. The van der Waals surface area contributed by atoms with Gasteiger partial charge in [0.25, 0.3) is 0 Å². The molecular formula is C15H22ClN3O3S. The largest absolute Gasteiger partial charge is 0.315 e. The van der Waals surface area contributed by atoms with Crippen molar-refractivity contribution >= 4 is 34.0 Å². The Balaban J connectivity index is 0.00000192. The zero-order valence-corrected chi connectivity index (χ0v) is 14.8. The number of sulfonamides is 1. The Hall–Kier alpha value is -1.15. The highest BCUT2D eigenvalue weighted by atomic mass is 35.5. The molecule has 1 aromatic carbocycles. The molecule has 0 aromatic heterocycles. The zero-order valence-electron chi connectivity index (χ0n) is 13.2. The van der Waals surface area contributed by atoms with E-state index in [1.54, 1.807) is 23.1 Å². The number of halogens is 1. The standard InChI is InChI=1S/C15H21N3O3S.ClH/c1-10-7-12-8-14(3-4-15(12)18(10)11(2)19)22(20,21)17-13-5-6-16-9-13;/h3-4,8,10,13,16-17H,5-7,9H2,1-2H3;1H. The van der Waals surface area contributed by atoms with Gasteiger partial charge in [-0.25, -0.2) is 13.1 Å². The lowest BCUT2D eigenvalue weighted by atomic mass is 10.1. The Kier molecular flexibility index (Phi) is 5.35. The van der Waals surface area contributed by atoms with Crippen molar-refractivity contribution in [2.75, 3.05) is 18.0 Å². The van der Waals surface area contributed by atoms with E-state index in [0.717, 1.165) is 24.2 Å². The lowest BCUT2D eigenvalue weighted by Gasteiger charge is -2.20. The van der Waals surface area contributed by atoms with Crippen LogP contribution in [0.5, 0.6) is 0 Å². The van der Waals surface area contributed by atoms with E-state index in [0.29, 0.717) is 13.0 Å². The van der Waals surface area contributed by atoms with Crippen LogP contribution >= 0.6 is 12.4 Å². The lowest BCUT2D eigenvalue weighted by Crippen LogP contribution is -2.36. The fourth-order valence-electron chi connectivity index (χ4n) is 3.30. The second kappa shape index (κ2) is 6.76. The summed E-state index contributed by atoms with van der Waals surface area (Å²) in [5, 5.41) is 3.14. The minimum atomic E-state index is -3.51. The Labute approximate surface area is 143 Å². The maximum Gasteiger partial charge on any atom is 0.240 e. The molecule has 0 spiro atoms. The number of amides is 1. The molecule has 2 atom stereocenters. The molecule has 8 heteroatoms. The molecule has 128 valence electrons. The first kappa shape index (κ1) is 18.2. The Morgan fingerprint density at radius 1 is 1.39 bits per heavy atom. The van der Waals surface area contributed by atoms with Crippen molar-refractivity contribution < 1.29 is 13.2 Å². The van der Waals surface area contributed by atoms with Crippen LogP contribution in [0.15, 0.2) is 23.1 Å².